The molecule has 0 aromatic carbocycles. The summed E-state index contributed by atoms with van der Waals surface area (Å²) in [5.74, 6) is 1.59. The molecule has 4 heterocycles. The Balaban J connectivity index is 1.34. The molecule has 0 saturated carbocycles. The first-order chi connectivity index (χ1) is 11.2. The van der Waals surface area contributed by atoms with Crippen LogP contribution in [0, 0.1) is 0 Å². The van der Waals surface area contributed by atoms with E-state index in [4.69, 9.17) is 4.74 Å². The number of rotatable bonds is 3. The summed E-state index contributed by atoms with van der Waals surface area (Å²) in [6, 6.07) is 7.33. The molecule has 0 bridgehead atoms. The fourth-order valence-corrected chi connectivity index (χ4v) is 4.58. The number of carbonyl (C=O) groups is 1. The maximum absolute atomic E-state index is 12.3. The minimum absolute atomic E-state index is 0.0206. The second kappa shape index (κ2) is 5.81. The third kappa shape index (κ3) is 2.88. The van der Waals surface area contributed by atoms with Gasteiger partial charge in [0, 0.05) is 43.7 Å². The van der Waals surface area contributed by atoms with Crippen LogP contribution < -0.4 is 4.74 Å². The molecule has 2 saturated heterocycles. The first kappa shape index (κ1) is 14.4. The maximum Gasteiger partial charge on any atom is 0.272 e. The summed E-state index contributed by atoms with van der Waals surface area (Å²) in [7, 11) is 0. The smallest absolute Gasteiger partial charge is 0.272 e. The molecule has 1 spiro atoms. The predicted molar refractivity (Wildman–Crippen MR) is 86.4 cm³/mol. The van der Waals surface area contributed by atoms with E-state index in [-0.39, 0.29) is 16.8 Å². The minimum atomic E-state index is -0.0206. The highest BCUT2D eigenvalue weighted by Crippen LogP contribution is 2.46. The van der Waals surface area contributed by atoms with Gasteiger partial charge in [-0.05, 0) is 12.1 Å². The molecular weight excluding hydrogens is 312 g/mol. The molecule has 7 heteroatoms. The van der Waals surface area contributed by atoms with Gasteiger partial charge in [-0.15, -0.1) is 11.8 Å². The van der Waals surface area contributed by atoms with Crippen LogP contribution in [0.1, 0.15) is 16.9 Å². The third-order valence-corrected chi connectivity index (χ3v) is 5.72. The molecule has 2 aliphatic rings. The van der Waals surface area contributed by atoms with Gasteiger partial charge in [-0.25, -0.2) is 15.0 Å². The number of pyridine rings is 1. The number of likely N-dealkylation sites (tertiary alicyclic amines) is 1. The van der Waals surface area contributed by atoms with Crippen molar-refractivity contribution in [2.45, 2.75) is 17.3 Å². The monoisotopic (exact) mass is 328 g/mol. The summed E-state index contributed by atoms with van der Waals surface area (Å²) in [6.07, 6.45) is 5.84. The zero-order valence-electron chi connectivity index (χ0n) is 12.5. The predicted octanol–water partition coefficient (Wildman–Crippen LogP) is 1.65. The summed E-state index contributed by atoms with van der Waals surface area (Å²) in [5, 5.41) is 0. The molecule has 2 aliphatic heterocycles. The minimum Gasteiger partial charge on any atom is -0.473 e. The van der Waals surface area contributed by atoms with Gasteiger partial charge < -0.3 is 9.64 Å². The van der Waals surface area contributed by atoms with E-state index in [2.05, 4.69) is 15.0 Å². The Hall–Kier alpha value is -2.15. The maximum atomic E-state index is 12.3. The van der Waals surface area contributed by atoms with Gasteiger partial charge in [-0.1, -0.05) is 6.07 Å². The summed E-state index contributed by atoms with van der Waals surface area (Å²) in [4.78, 5) is 26.2. The number of carbonyl (C=O) groups excluding carboxylic acids is 1. The fourth-order valence-electron chi connectivity index (χ4n) is 3.06. The largest absolute Gasteiger partial charge is 0.473 e. The Bertz CT molecular complexity index is 692. The van der Waals surface area contributed by atoms with Gasteiger partial charge in [0.15, 0.2) is 0 Å². The first-order valence-corrected chi connectivity index (χ1v) is 8.50. The van der Waals surface area contributed by atoms with Crippen molar-refractivity contribution in [3.05, 3.63) is 48.7 Å². The van der Waals surface area contributed by atoms with Gasteiger partial charge in [-0.2, -0.15) is 0 Å². The number of ether oxygens (including phenoxy) is 1. The number of hydrogen-bond donors (Lipinski definition) is 0. The Morgan fingerprint density at radius 3 is 2.91 bits per heavy atom. The van der Waals surface area contributed by atoms with Gasteiger partial charge in [0.25, 0.3) is 5.91 Å². The van der Waals surface area contributed by atoms with Crippen molar-refractivity contribution < 1.29 is 9.53 Å². The van der Waals surface area contributed by atoms with Crippen molar-refractivity contribution in [1.29, 1.82) is 0 Å². The van der Waals surface area contributed by atoms with E-state index >= 15 is 0 Å². The van der Waals surface area contributed by atoms with Crippen molar-refractivity contribution in [1.82, 2.24) is 19.9 Å². The SMILES string of the molecule is O=C(c1ccncn1)N1CC2(C[C@H](Oc3ccccn3)CS2)C1. The number of hydrogen-bond acceptors (Lipinski definition) is 6. The van der Waals surface area contributed by atoms with E-state index in [9.17, 15) is 4.79 Å². The summed E-state index contributed by atoms with van der Waals surface area (Å²) < 4.78 is 6.06. The van der Waals surface area contributed by atoms with Crippen molar-refractivity contribution in [2.24, 2.45) is 0 Å². The zero-order chi connectivity index (χ0) is 15.7. The van der Waals surface area contributed by atoms with Crippen LogP contribution in [0.5, 0.6) is 5.88 Å². The van der Waals surface area contributed by atoms with E-state index in [0.717, 1.165) is 25.3 Å². The second-order valence-electron chi connectivity index (χ2n) is 5.86. The van der Waals surface area contributed by atoms with E-state index in [1.165, 1.54) is 6.33 Å². The summed E-state index contributed by atoms with van der Waals surface area (Å²) in [6.45, 7) is 1.51. The van der Waals surface area contributed by atoms with Crippen LogP contribution in [0.2, 0.25) is 0 Å². The number of aromatic nitrogens is 3. The normalized spacial score (nSPS) is 21.9. The Labute approximate surface area is 138 Å². The molecule has 0 aliphatic carbocycles. The molecule has 0 N–H and O–H groups in total. The standard InChI is InChI=1S/C16H16N4O2S/c21-15(13-4-6-17-11-19-13)20-9-16(10-20)7-12(8-23-16)22-14-3-1-2-5-18-14/h1-6,11-12H,7-10H2/t12-/m0/s1. The second-order valence-corrected chi connectivity index (χ2v) is 7.35. The third-order valence-electron chi connectivity index (χ3n) is 4.15. The lowest BCUT2D eigenvalue weighted by Crippen LogP contribution is -2.61. The molecule has 1 atom stereocenters. The van der Waals surface area contributed by atoms with Crippen molar-refractivity contribution in [2.75, 3.05) is 18.8 Å². The molecule has 23 heavy (non-hydrogen) atoms. The van der Waals surface area contributed by atoms with Gasteiger partial charge in [-0.3, -0.25) is 4.79 Å². The molecule has 1 amide bonds. The average molecular weight is 328 g/mol. The van der Waals surface area contributed by atoms with E-state index in [1.807, 2.05) is 34.9 Å². The van der Waals surface area contributed by atoms with E-state index in [1.54, 1.807) is 18.5 Å². The van der Waals surface area contributed by atoms with Crippen LogP contribution in [0.15, 0.2) is 43.0 Å². The molecule has 2 fully saturated rings. The topological polar surface area (TPSA) is 68.2 Å². The van der Waals surface area contributed by atoms with E-state index in [0.29, 0.717) is 11.6 Å². The lowest BCUT2D eigenvalue weighted by Gasteiger charge is -2.47. The fraction of sp³-hybridized carbons (Fsp3) is 0.375. The first-order valence-electron chi connectivity index (χ1n) is 7.51. The van der Waals surface area contributed by atoms with Crippen LogP contribution in [0.3, 0.4) is 0 Å². The van der Waals surface area contributed by atoms with Gasteiger partial charge in [0.05, 0.1) is 4.75 Å². The van der Waals surface area contributed by atoms with Gasteiger partial charge >= 0.3 is 0 Å². The van der Waals surface area contributed by atoms with Crippen molar-refractivity contribution in [3.63, 3.8) is 0 Å². The number of nitrogens with zero attached hydrogens (tertiary/aromatic N) is 4. The molecule has 6 nitrogen and oxygen atoms in total. The van der Waals surface area contributed by atoms with Gasteiger partial charge in [0.2, 0.25) is 5.88 Å². The Kier molecular flexibility index (Phi) is 3.65. The molecule has 0 radical (unpaired) electrons. The molecule has 2 aromatic heterocycles. The van der Waals surface area contributed by atoms with Crippen LogP contribution in [0.25, 0.3) is 0 Å². The van der Waals surface area contributed by atoms with Crippen LogP contribution >= 0.6 is 11.8 Å². The molecule has 4 rings (SSSR count). The highest BCUT2D eigenvalue weighted by molar-refractivity contribution is 8.01. The van der Waals surface area contributed by atoms with Crippen LogP contribution in [-0.4, -0.2) is 55.5 Å². The lowest BCUT2D eigenvalue weighted by atomic mass is 9.92. The van der Waals surface area contributed by atoms with Crippen molar-refractivity contribution in [3.8, 4) is 5.88 Å². The highest BCUT2D eigenvalue weighted by atomic mass is 32.2. The van der Waals surface area contributed by atoms with Crippen molar-refractivity contribution >= 4 is 17.7 Å². The molecular formula is C16H16N4O2S. The summed E-state index contributed by atoms with van der Waals surface area (Å²) in [5.41, 5.74) is 0.458. The Morgan fingerprint density at radius 2 is 2.17 bits per heavy atom. The lowest BCUT2D eigenvalue weighted by molar-refractivity contribution is 0.0510. The molecule has 2 aromatic rings. The van der Waals surface area contributed by atoms with Crippen LogP contribution in [0.4, 0.5) is 0 Å². The molecule has 118 valence electrons. The van der Waals surface area contributed by atoms with Crippen LogP contribution in [-0.2, 0) is 0 Å². The van der Waals surface area contributed by atoms with Gasteiger partial charge in [0.1, 0.15) is 18.1 Å². The number of thioether (sulfide) groups is 1. The summed E-state index contributed by atoms with van der Waals surface area (Å²) >= 11 is 1.90. The van der Waals surface area contributed by atoms with E-state index < -0.39 is 0 Å². The zero-order valence-corrected chi connectivity index (χ0v) is 13.3. The molecule has 0 unspecified atom stereocenters. The quantitative estimate of drug-likeness (QED) is 0.853. The Morgan fingerprint density at radius 1 is 1.26 bits per heavy atom. The highest BCUT2D eigenvalue weighted by Gasteiger charge is 2.51. The average Bonchev–Trinajstić information content (AvgIpc) is 2.99. The number of amides is 1.